The second-order valence-corrected chi connectivity index (χ2v) is 10.9. The molecule has 1 heterocycles. The molecule has 0 saturated carbocycles. The fraction of sp³-hybridized carbons (Fsp3) is 0.269. The molecule has 0 spiro atoms. The van der Waals surface area contributed by atoms with Crippen molar-refractivity contribution in [3.63, 3.8) is 0 Å². The molecule has 9 heteroatoms. The van der Waals surface area contributed by atoms with Crippen LogP contribution >= 0.6 is 0 Å². The number of benzene rings is 3. The number of phenolic OH excluding ortho intramolecular Hbond substituents is 1. The number of amides is 1. The Hall–Kier alpha value is -3.40. The average Bonchev–Trinajstić information content (AvgIpc) is 2.81. The summed E-state index contributed by atoms with van der Waals surface area (Å²) in [6, 6.07) is 16.6. The minimum atomic E-state index is -3.96. The van der Waals surface area contributed by atoms with Gasteiger partial charge in [0.1, 0.15) is 5.75 Å². The number of nitrogens with one attached hydrogen (secondary N) is 3. The van der Waals surface area contributed by atoms with E-state index in [1.807, 2.05) is 6.92 Å². The summed E-state index contributed by atoms with van der Waals surface area (Å²) < 4.78 is 29.1. The van der Waals surface area contributed by atoms with Crippen LogP contribution in [-0.4, -0.2) is 36.2 Å². The van der Waals surface area contributed by atoms with Gasteiger partial charge in [0, 0.05) is 23.0 Å². The number of hydrogen-bond acceptors (Lipinski definition) is 6. The first-order chi connectivity index (χ1) is 16.5. The van der Waals surface area contributed by atoms with Crippen molar-refractivity contribution in [1.82, 2.24) is 4.72 Å². The van der Waals surface area contributed by atoms with Gasteiger partial charge in [-0.2, -0.15) is 0 Å². The smallest absolute Gasteiger partial charge is 0.255 e. The molecule has 1 aliphatic rings. The molecule has 4 rings (SSSR count). The number of sulfonamides is 1. The number of aryl methyl sites for hydroxylation is 1. The van der Waals surface area contributed by atoms with Gasteiger partial charge < -0.3 is 20.8 Å². The molecule has 1 aliphatic heterocycles. The topological polar surface area (TPSA) is 128 Å². The number of carbonyl (C=O) groups excluding carboxylic acids is 1. The maximum Gasteiger partial charge on any atom is 0.255 e. The van der Waals surface area contributed by atoms with Crippen LogP contribution in [0.15, 0.2) is 71.6 Å². The predicted octanol–water partition coefficient (Wildman–Crippen LogP) is 3.79. The van der Waals surface area contributed by atoms with E-state index in [9.17, 15) is 23.4 Å². The Balaban J connectivity index is 1.68. The molecule has 0 radical (unpaired) electrons. The van der Waals surface area contributed by atoms with Gasteiger partial charge in [0.2, 0.25) is 10.0 Å². The van der Waals surface area contributed by atoms with Gasteiger partial charge >= 0.3 is 0 Å². The van der Waals surface area contributed by atoms with E-state index in [2.05, 4.69) is 15.4 Å². The van der Waals surface area contributed by atoms with Crippen molar-refractivity contribution in [3.8, 4) is 5.75 Å². The molecule has 35 heavy (non-hydrogen) atoms. The molecule has 0 unspecified atom stereocenters. The van der Waals surface area contributed by atoms with Gasteiger partial charge in [-0.3, -0.25) is 4.79 Å². The normalized spacial score (nSPS) is 18.9. The van der Waals surface area contributed by atoms with E-state index >= 15 is 0 Å². The number of phenols is 1. The largest absolute Gasteiger partial charge is 0.508 e. The highest BCUT2D eigenvalue weighted by atomic mass is 32.2. The van der Waals surface area contributed by atoms with Crippen molar-refractivity contribution in [3.05, 3.63) is 83.4 Å². The third-order valence-electron chi connectivity index (χ3n) is 6.19. The molecule has 5 N–H and O–H groups in total. The molecule has 0 bridgehead atoms. The number of hydrogen-bond donors (Lipinski definition) is 5. The van der Waals surface area contributed by atoms with Gasteiger partial charge in [-0.05, 0) is 73.9 Å². The quantitative estimate of drug-likeness (QED) is 0.354. The summed E-state index contributed by atoms with van der Waals surface area (Å²) in [4.78, 5) is 13.0. The number of rotatable bonds is 6. The first kappa shape index (κ1) is 24.7. The summed E-state index contributed by atoms with van der Waals surface area (Å²) in [5.74, 6) is -0.418. The maximum atomic E-state index is 13.2. The van der Waals surface area contributed by atoms with Crippen LogP contribution in [0, 0.1) is 0 Å². The SMILES string of the molecule is CCc1ccc(S(=O)(=O)N[C@@H]2c3cc(C(=O)Nc4cccc(O)c4)ccc3NC(C)(C)[C@H]2O)cc1. The molecule has 0 saturated heterocycles. The van der Waals surface area contributed by atoms with Crippen LogP contribution in [0.5, 0.6) is 5.75 Å². The number of carbonyl (C=O) groups is 1. The molecular formula is C26H29N3O5S. The molecular weight excluding hydrogens is 466 g/mol. The summed E-state index contributed by atoms with van der Waals surface area (Å²) >= 11 is 0. The molecule has 0 aromatic heterocycles. The Morgan fingerprint density at radius 1 is 1.06 bits per heavy atom. The average molecular weight is 496 g/mol. The van der Waals surface area contributed by atoms with E-state index in [0.29, 0.717) is 16.9 Å². The molecule has 3 aromatic rings. The zero-order valence-corrected chi connectivity index (χ0v) is 20.6. The number of anilines is 2. The minimum Gasteiger partial charge on any atom is -0.508 e. The van der Waals surface area contributed by atoms with Crippen LogP contribution in [-0.2, 0) is 16.4 Å². The van der Waals surface area contributed by atoms with E-state index in [1.165, 1.54) is 12.1 Å². The molecule has 184 valence electrons. The monoisotopic (exact) mass is 495 g/mol. The lowest BCUT2D eigenvalue weighted by Gasteiger charge is -2.43. The summed E-state index contributed by atoms with van der Waals surface area (Å²) in [7, 11) is -3.96. The fourth-order valence-corrected chi connectivity index (χ4v) is 5.36. The Morgan fingerprint density at radius 2 is 1.77 bits per heavy atom. The maximum absolute atomic E-state index is 13.2. The standard InChI is InChI=1S/C26H29N3O5S/c1-4-16-8-11-20(12-9-16)35(33,34)29-23-21-14-17(10-13-22(21)28-26(2,3)24(23)31)25(32)27-18-6-5-7-19(30)15-18/h5-15,23-24,28-31H,4H2,1-3H3,(H,27,32)/t23-,24+/m1/s1. The highest BCUT2D eigenvalue weighted by Gasteiger charge is 2.43. The predicted molar refractivity (Wildman–Crippen MR) is 135 cm³/mol. The molecule has 1 amide bonds. The van der Waals surface area contributed by atoms with Crippen molar-refractivity contribution in [2.24, 2.45) is 0 Å². The van der Waals surface area contributed by atoms with Gasteiger partial charge in [0.05, 0.1) is 22.6 Å². The van der Waals surface area contributed by atoms with Crippen LogP contribution in [0.2, 0.25) is 0 Å². The van der Waals surface area contributed by atoms with E-state index in [4.69, 9.17) is 0 Å². The second kappa shape index (κ2) is 9.33. The second-order valence-electron chi connectivity index (χ2n) is 9.19. The van der Waals surface area contributed by atoms with E-state index in [0.717, 1.165) is 12.0 Å². The van der Waals surface area contributed by atoms with Gasteiger partial charge in [0.15, 0.2) is 0 Å². The van der Waals surface area contributed by atoms with E-state index in [-0.39, 0.29) is 16.2 Å². The third-order valence-corrected chi connectivity index (χ3v) is 7.65. The summed E-state index contributed by atoms with van der Waals surface area (Å²) in [6.45, 7) is 5.54. The molecule has 3 aromatic carbocycles. The van der Waals surface area contributed by atoms with Gasteiger partial charge in [-0.1, -0.05) is 25.1 Å². The lowest BCUT2D eigenvalue weighted by Crippen LogP contribution is -2.54. The fourth-order valence-electron chi connectivity index (χ4n) is 4.14. The van der Waals surface area contributed by atoms with Gasteiger partial charge in [0.25, 0.3) is 5.91 Å². The van der Waals surface area contributed by atoms with E-state index in [1.54, 1.807) is 68.4 Å². The van der Waals surface area contributed by atoms with Gasteiger partial charge in [-0.15, -0.1) is 0 Å². The Morgan fingerprint density at radius 3 is 2.43 bits per heavy atom. The third kappa shape index (κ3) is 5.17. The van der Waals surface area contributed by atoms with E-state index < -0.39 is 33.6 Å². The van der Waals surface area contributed by atoms with Crippen LogP contribution < -0.4 is 15.4 Å². The van der Waals surface area contributed by atoms with Crippen LogP contribution in [0.4, 0.5) is 11.4 Å². The Bertz CT molecular complexity index is 1350. The van der Waals surface area contributed by atoms with Crippen molar-refractivity contribution in [1.29, 1.82) is 0 Å². The first-order valence-corrected chi connectivity index (χ1v) is 12.8. The summed E-state index contributed by atoms with van der Waals surface area (Å²) in [5, 5.41) is 26.7. The Labute approximate surface area is 205 Å². The zero-order chi connectivity index (χ0) is 25.4. The van der Waals surface area contributed by atoms with Crippen molar-refractivity contribution >= 4 is 27.3 Å². The van der Waals surface area contributed by atoms with Gasteiger partial charge in [-0.25, -0.2) is 13.1 Å². The summed E-state index contributed by atoms with van der Waals surface area (Å²) in [5.41, 5.74) is 1.94. The minimum absolute atomic E-state index is 0.0178. The molecule has 8 nitrogen and oxygen atoms in total. The van der Waals surface area contributed by atoms with Crippen LogP contribution in [0.25, 0.3) is 0 Å². The highest BCUT2D eigenvalue weighted by molar-refractivity contribution is 7.89. The highest BCUT2D eigenvalue weighted by Crippen LogP contribution is 2.39. The Kier molecular flexibility index (Phi) is 6.59. The lowest BCUT2D eigenvalue weighted by molar-refractivity contribution is 0.0770. The summed E-state index contributed by atoms with van der Waals surface area (Å²) in [6.07, 6.45) is -0.334. The number of aliphatic hydroxyl groups excluding tert-OH is 1. The van der Waals surface area contributed by atoms with Crippen LogP contribution in [0.1, 0.15) is 48.3 Å². The van der Waals surface area contributed by atoms with Crippen molar-refractivity contribution < 1.29 is 23.4 Å². The van der Waals surface area contributed by atoms with Crippen LogP contribution in [0.3, 0.4) is 0 Å². The molecule has 0 fully saturated rings. The zero-order valence-electron chi connectivity index (χ0n) is 19.7. The number of aliphatic hydroxyl groups is 1. The molecule has 2 atom stereocenters. The van der Waals surface area contributed by atoms with Crippen molar-refractivity contribution in [2.45, 2.75) is 49.8 Å². The number of aromatic hydroxyl groups is 1. The lowest BCUT2D eigenvalue weighted by atomic mass is 9.82. The number of fused-ring (bicyclic) bond motifs is 1. The molecule has 0 aliphatic carbocycles. The first-order valence-electron chi connectivity index (χ1n) is 11.3. The van der Waals surface area contributed by atoms with Crippen molar-refractivity contribution in [2.75, 3.05) is 10.6 Å².